The van der Waals surface area contributed by atoms with E-state index in [0.29, 0.717) is 49.2 Å². The average molecular weight is 647 g/mol. The van der Waals surface area contributed by atoms with Crippen molar-refractivity contribution in [3.63, 3.8) is 0 Å². The van der Waals surface area contributed by atoms with Crippen molar-refractivity contribution in [1.29, 1.82) is 0 Å². The van der Waals surface area contributed by atoms with Gasteiger partial charge in [0.15, 0.2) is 17.5 Å². The fourth-order valence-electron chi connectivity index (χ4n) is 6.64. The Bertz CT molecular complexity index is 2090. The molecule has 0 unspecified atom stereocenters. The lowest BCUT2D eigenvalue weighted by molar-refractivity contribution is -0.384. The van der Waals surface area contributed by atoms with Gasteiger partial charge in [-0.15, -0.1) is 0 Å². The van der Waals surface area contributed by atoms with Crippen molar-refractivity contribution in [2.24, 2.45) is 9.98 Å². The molecule has 234 valence electrons. The van der Waals surface area contributed by atoms with Crippen LogP contribution in [0.2, 0.25) is 5.02 Å². The van der Waals surface area contributed by atoms with Gasteiger partial charge in [-0.2, -0.15) is 5.10 Å². The minimum atomic E-state index is -0.516. The van der Waals surface area contributed by atoms with Crippen LogP contribution in [0.5, 0.6) is 0 Å². The van der Waals surface area contributed by atoms with E-state index in [2.05, 4.69) is 14.7 Å². The molecule has 1 atom stereocenters. The first-order valence-corrected chi connectivity index (χ1v) is 15.7. The largest absolute Gasteiger partial charge is 0.368 e. The number of halogens is 2. The van der Waals surface area contributed by atoms with Gasteiger partial charge in [-0.25, -0.2) is 19.1 Å². The first-order chi connectivity index (χ1) is 22.9. The predicted octanol–water partition coefficient (Wildman–Crippen LogP) is 7.39. The maximum atomic E-state index is 13.6. The number of rotatable bonds is 4. The Morgan fingerprint density at radius 2 is 1.53 bits per heavy atom. The van der Waals surface area contributed by atoms with Gasteiger partial charge in [0.2, 0.25) is 0 Å². The second-order valence-corrected chi connectivity index (χ2v) is 12.0. The van der Waals surface area contributed by atoms with Crippen molar-refractivity contribution in [2.45, 2.75) is 13.0 Å². The number of aliphatic imine (C=N–C) groups is 2. The molecule has 8 rings (SSSR count). The number of nitro benzene ring substituents is 1. The first-order valence-electron chi connectivity index (χ1n) is 15.3. The minimum absolute atomic E-state index is 0.0701. The van der Waals surface area contributed by atoms with Gasteiger partial charge in [-0.1, -0.05) is 48.0 Å². The van der Waals surface area contributed by atoms with Crippen LogP contribution >= 0.6 is 11.6 Å². The number of aromatic nitrogens is 2. The van der Waals surface area contributed by atoms with Crippen molar-refractivity contribution < 1.29 is 9.31 Å². The van der Waals surface area contributed by atoms with Gasteiger partial charge in [0, 0.05) is 43.5 Å². The Morgan fingerprint density at radius 3 is 2.28 bits per heavy atom. The Morgan fingerprint density at radius 1 is 0.830 bits per heavy atom. The number of hydrogen-bond acceptors (Lipinski definition) is 8. The van der Waals surface area contributed by atoms with Gasteiger partial charge in [0.1, 0.15) is 10.8 Å². The van der Waals surface area contributed by atoms with E-state index < -0.39 is 11.0 Å². The highest BCUT2D eigenvalue weighted by molar-refractivity contribution is 6.48. The van der Waals surface area contributed by atoms with E-state index in [0.717, 1.165) is 34.0 Å². The molecule has 0 spiro atoms. The smallest absolute Gasteiger partial charge is 0.288 e. The summed E-state index contributed by atoms with van der Waals surface area (Å²) < 4.78 is 15.4. The number of amidine groups is 2. The molecule has 1 saturated heterocycles. The number of nitro groups is 1. The second kappa shape index (κ2) is 11.4. The highest BCUT2D eigenvalue weighted by Crippen LogP contribution is 2.49. The van der Waals surface area contributed by atoms with Crippen molar-refractivity contribution in [3.05, 3.63) is 135 Å². The van der Waals surface area contributed by atoms with E-state index in [4.69, 9.17) is 26.7 Å². The van der Waals surface area contributed by atoms with Crippen LogP contribution in [0.3, 0.4) is 0 Å². The van der Waals surface area contributed by atoms with Gasteiger partial charge >= 0.3 is 0 Å². The second-order valence-electron chi connectivity index (χ2n) is 11.6. The van der Waals surface area contributed by atoms with Gasteiger partial charge in [0.05, 0.1) is 33.7 Å². The monoisotopic (exact) mass is 646 g/mol. The maximum absolute atomic E-state index is 13.6. The van der Waals surface area contributed by atoms with Crippen LogP contribution in [-0.2, 0) is 0 Å². The van der Waals surface area contributed by atoms with Crippen molar-refractivity contribution in [1.82, 2.24) is 14.7 Å². The number of aryl methyl sites for hydroxylation is 1. The summed E-state index contributed by atoms with van der Waals surface area (Å²) in [6.45, 7) is 4.67. The van der Waals surface area contributed by atoms with Crippen LogP contribution in [0.15, 0.2) is 107 Å². The fourth-order valence-corrected chi connectivity index (χ4v) is 6.83. The molecule has 12 heteroatoms. The molecule has 0 bridgehead atoms. The molecule has 1 aromatic heterocycles. The van der Waals surface area contributed by atoms with Crippen LogP contribution in [-0.4, -0.2) is 57.5 Å². The number of piperazine rings is 1. The Hall–Kier alpha value is -5.55. The average Bonchev–Trinajstić information content (AvgIpc) is 3.43. The minimum Gasteiger partial charge on any atom is -0.368 e. The van der Waals surface area contributed by atoms with Crippen LogP contribution in [0.25, 0.3) is 5.69 Å². The number of benzene rings is 4. The molecule has 0 N–H and O–H groups in total. The molecule has 47 heavy (non-hydrogen) atoms. The molecule has 0 saturated carbocycles. The molecule has 5 aromatic rings. The van der Waals surface area contributed by atoms with E-state index in [1.54, 1.807) is 24.3 Å². The van der Waals surface area contributed by atoms with Crippen LogP contribution < -0.4 is 9.80 Å². The van der Waals surface area contributed by atoms with Crippen LogP contribution in [0.4, 0.5) is 33.0 Å². The van der Waals surface area contributed by atoms with E-state index in [9.17, 15) is 14.5 Å². The summed E-state index contributed by atoms with van der Waals surface area (Å²) in [6.07, 6.45) is 0. The zero-order valence-electron chi connectivity index (χ0n) is 25.3. The van der Waals surface area contributed by atoms with E-state index >= 15 is 0 Å². The third-order valence-corrected chi connectivity index (χ3v) is 9.19. The third kappa shape index (κ3) is 4.90. The Labute approximate surface area is 274 Å². The van der Waals surface area contributed by atoms with E-state index in [1.807, 2.05) is 72.3 Å². The summed E-state index contributed by atoms with van der Waals surface area (Å²) in [6, 6.07) is 28.7. The molecule has 4 heterocycles. The van der Waals surface area contributed by atoms with Gasteiger partial charge in [-0.05, 0) is 67.1 Å². The number of anilines is 2. The molecule has 10 nitrogen and oxygen atoms in total. The SMILES string of the molecule is Cc1nn(-c2ccccc2)c2c1[C@@H](c1ccc(Cl)c([N+](=O)[O-])c1)N1C(=N2)C(N2CCN(c3ccc(F)cc3)CC2)=Nc2ccccc21. The number of nitrogens with zero attached hydrogens (tertiary/aromatic N) is 8. The molecular weight excluding hydrogens is 619 g/mol. The lowest BCUT2D eigenvalue weighted by Crippen LogP contribution is -2.55. The zero-order chi connectivity index (χ0) is 32.2. The summed E-state index contributed by atoms with van der Waals surface area (Å²) in [5, 5.41) is 17.1. The first kappa shape index (κ1) is 28.9. The molecule has 4 aromatic carbocycles. The molecular formula is C35H28ClFN8O2. The number of para-hydroxylation sites is 3. The van der Waals surface area contributed by atoms with Crippen molar-refractivity contribution in [3.8, 4) is 5.69 Å². The summed E-state index contributed by atoms with van der Waals surface area (Å²) in [4.78, 5) is 28.7. The Balaban J connectivity index is 1.30. The standard InChI is InChI=1S/C35H28ClFN8O2/c1-22-31-32(23-11-16-27(36)30(21-23)45(46)47)43-29-10-6-5-9-28(29)38-34(35(43)39-33(31)44(40-22)26-7-3-2-4-8-26)42-19-17-41(18-20-42)25-14-12-24(37)13-15-25/h2-16,21,32H,17-20H2,1H3/t32-/m1/s1. The lowest BCUT2D eigenvalue weighted by Gasteiger charge is -2.44. The summed E-state index contributed by atoms with van der Waals surface area (Å²) >= 11 is 6.31. The molecule has 0 radical (unpaired) electrons. The normalized spacial score (nSPS) is 17.0. The molecule has 1 fully saturated rings. The molecule has 3 aliphatic heterocycles. The molecule has 0 aliphatic carbocycles. The van der Waals surface area contributed by atoms with Crippen LogP contribution in [0, 0.1) is 22.9 Å². The zero-order valence-corrected chi connectivity index (χ0v) is 26.0. The quantitative estimate of drug-likeness (QED) is 0.149. The van der Waals surface area contributed by atoms with Crippen LogP contribution in [0.1, 0.15) is 22.9 Å². The highest BCUT2D eigenvalue weighted by Gasteiger charge is 2.43. The van der Waals surface area contributed by atoms with E-state index in [1.165, 1.54) is 12.1 Å². The van der Waals surface area contributed by atoms with Gasteiger partial charge in [0.25, 0.3) is 5.69 Å². The molecule has 3 aliphatic rings. The van der Waals surface area contributed by atoms with Crippen molar-refractivity contribution >= 4 is 51.8 Å². The number of fused-ring (bicyclic) bond motifs is 4. The third-order valence-electron chi connectivity index (χ3n) is 8.87. The number of hydrogen-bond donors (Lipinski definition) is 0. The van der Waals surface area contributed by atoms with Gasteiger partial charge < -0.3 is 14.7 Å². The Kier molecular flexibility index (Phi) is 6.98. The lowest BCUT2D eigenvalue weighted by atomic mass is 9.93. The summed E-state index contributed by atoms with van der Waals surface area (Å²) in [5.74, 6) is 1.72. The summed E-state index contributed by atoms with van der Waals surface area (Å²) in [7, 11) is 0. The van der Waals surface area contributed by atoms with Gasteiger partial charge in [-0.3, -0.25) is 10.1 Å². The topological polar surface area (TPSA) is 95.4 Å². The van der Waals surface area contributed by atoms with Crippen molar-refractivity contribution in [2.75, 3.05) is 36.0 Å². The summed E-state index contributed by atoms with van der Waals surface area (Å²) in [5.41, 5.74) is 5.53. The maximum Gasteiger partial charge on any atom is 0.288 e. The fraction of sp³-hybridized carbons (Fsp3) is 0.171. The van der Waals surface area contributed by atoms with E-state index in [-0.39, 0.29) is 16.5 Å². The molecule has 0 amide bonds. The predicted molar refractivity (Wildman–Crippen MR) is 182 cm³/mol. The highest BCUT2D eigenvalue weighted by atomic mass is 35.5.